The Kier molecular flexibility index (Phi) is 6.96. The third-order valence-electron chi connectivity index (χ3n) is 4.07. The van der Waals surface area contributed by atoms with Crippen molar-refractivity contribution in [3.8, 4) is 0 Å². The van der Waals surface area contributed by atoms with Crippen LogP contribution in [0.2, 0.25) is 0 Å². The topological polar surface area (TPSA) is 66.2 Å². The SMILES string of the molecule is OC(CC(O)c1cc(C(F)(F)F)nc(C(F)(F)F)c1)c1cc(C(F)(F)F)nc(C(F)(F)F)c1. The summed E-state index contributed by atoms with van der Waals surface area (Å²) in [5.74, 6) is 0. The van der Waals surface area contributed by atoms with Crippen LogP contribution in [0.15, 0.2) is 24.3 Å². The third kappa shape index (κ3) is 6.69. The first-order valence-electron chi connectivity index (χ1n) is 8.38. The zero-order valence-electron chi connectivity index (χ0n) is 15.5. The monoisotopic (exact) mass is 502 g/mol. The number of alkyl halides is 12. The molecular formula is C17H10F12N2O2. The van der Waals surface area contributed by atoms with E-state index in [-0.39, 0.29) is 24.3 Å². The molecule has 0 fully saturated rings. The fourth-order valence-electron chi connectivity index (χ4n) is 2.55. The molecule has 0 aliphatic carbocycles. The minimum absolute atomic E-state index is 0.00145. The number of halogens is 12. The maximum Gasteiger partial charge on any atom is 0.433 e. The molecule has 0 aliphatic heterocycles. The standard InChI is InChI=1S/C17H10F12N2O2/c18-14(19,20)10-1-6(2-11(30-10)15(21,22)23)8(32)5-9(33)7-3-12(16(24,25)26)31-13(4-7)17(27,28)29/h1-4,8-9,32-33H,5H2. The molecule has 0 saturated carbocycles. The lowest BCUT2D eigenvalue weighted by Crippen LogP contribution is -2.18. The van der Waals surface area contributed by atoms with E-state index in [0.29, 0.717) is 0 Å². The van der Waals surface area contributed by atoms with Crippen LogP contribution in [0.1, 0.15) is 52.5 Å². The van der Waals surface area contributed by atoms with Crippen molar-refractivity contribution in [2.45, 2.75) is 43.3 Å². The van der Waals surface area contributed by atoms with E-state index >= 15 is 0 Å². The van der Waals surface area contributed by atoms with E-state index in [9.17, 15) is 62.9 Å². The van der Waals surface area contributed by atoms with Gasteiger partial charge in [0, 0.05) is 6.42 Å². The minimum Gasteiger partial charge on any atom is -0.388 e. The van der Waals surface area contributed by atoms with Crippen LogP contribution in [0, 0.1) is 0 Å². The van der Waals surface area contributed by atoms with Crippen LogP contribution >= 0.6 is 0 Å². The number of pyridine rings is 2. The normalized spacial score (nSPS) is 15.5. The number of aliphatic hydroxyl groups excluding tert-OH is 2. The highest BCUT2D eigenvalue weighted by Gasteiger charge is 2.41. The van der Waals surface area contributed by atoms with Crippen LogP contribution in [-0.4, -0.2) is 20.2 Å². The Bertz CT molecular complexity index is 851. The van der Waals surface area contributed by atoms with E-state index in [1.165, 1.54) is 0 Å². The molecule has 33 heavy (non-hydrogen) atoms. The molecule has 2 unspecified atom stereocenters. The molecule has 2 atom stereocenters. The molecule has 0 amide bonds. The quantitative estimate of drug-likeness (QED) is 0.526. The van der Waals surface area contributed by atoms with Gasteiger partial charge in [0.2, 0.25) is 0 Å². The first-order chi connectivity index (χ1) is 14.7. The van der Waals surface area contributed by atoms with Gasteiger partial charge in [-0.15, -0.1) is 0 Å². The number of hydrogen-bond acceptors (Lipinski definition) is 4. The van der Waals surface area contributed by atoms with Gasteiger partial charge in [-0.1, -0.05) is 0 Å². The van der Waals surface area contributed by atoms with E-state index < -0.39 is 77.2 Å². The smallest absolute Gasteiger partial charge is 0.388 e. The number of aliphatic hydroxyl groups is 2. The molecule has 184 valence electrons. The summed E-state index contributed by atoms with van der Waals surface area (Å²) in [5, 5.41) is 20.0. The van der Waals surface area contributed by atoms with Gasteiger partial charge < -0.3 is 10.2 Å². The van der Waals surface area contributed by atoms with Crippen molar-refractivity contribution in [3.05, 3.63) is 58.2 Å². The van der Waals surface area contributed by atoms with E-state index in [1.54, 1.807) is 0 Å². The van der Waals surface area contributed by atoms with E-state index in [1.807, 2.05) is 0 Å². The number of nitrogens with zero attached hydrogens (tertiary/aromatic N) is 2. The average Bonchev–Trinajstić information content (AvgIpc) is 2.64. The second kappa shape index (κ2) is 8.62. The minimum atomic E-state index is -5.39. The Hall–Kier alpha value is -2.62. The molecule has 16 heteroatoms. The first-order valence-corrected chi connectivity index (χ1v) is 8.38. The van der Waals surface area contributed by atoms with Gasteiger partial charge in [-0.3, -0.25) is 0 Å². The number of aromatic nitrogens is 2. The molecule has 0 bridgehead atoms. The van der Waals surface area contributed by atoms with Gasteiger partial charge in [-0.05, 0) is 35.4 Å². The molecule has 0 aliphatic rings. The van der Waals surface area contributed by atoms with Crippen molar-refractivity contribution in [1.82, 2.24) is 9.97 Å². The van der Waals surface area contributed by atoms with E-state index in [4.69, 9.17) is 0 Å². The van der Waals surface area contributed by atoms with Crippen molar-refractivity contribution in [1.29, 1.82) is 0 Å². The van der Waals surface area contributed by atoms with Gasteiger partial charge in [0.25, 0.3) is 0 Å². The fraction of sp³-hybridized carbons (Fsp3) is 0.412. The Morgan fingerprint density at radius 3 is 0.909 bits per heavy atom. The van der Waals surface area contributed by atoms with Gasteiger partial charge in [-0.25, -0.2) is 9.97 Å². The van der Waals surface area contributed by atoms with Crippen LogP contribution in [0.5, 0.6) is 0 Å². The highest BCUT2D eigenvalue weighted by Crippen LogP contribution is 2.39. The third-order valence-corrected chi connectivity index (χ3v) is 4.07. The Morgan fingerprint density at radius 2 is 0.727 bits per heavy atom. The zero-order chi connectivity index (χ0) is 25.6. The van der Waals surface area contributed by atoms with Crippen LogP contribution in [-0.2, 0) is 24.7 Å². The summed E-state index contributed by atoms with van der Waals surface area (Å²) in [5.41, 5.74) is -10.4. The molecule has 0 spiro atoms. The van der Waals surface area contributed by atoms with Crippen molar-refractivity contribution < 1.29 is 62.9 Å². The summed E-state index contributed by atoms with van der Waals surface area (Å²) in [6, 6.07) is 0.00580. The van der Waals surface area contributed by atoms with Crippen molar-refractivity contribution in [2.75, 3.05) is 0 Å². The number of hydrogen-bond donors (Lipinski definition) is 2. The molecule has 2 N–H and O–H groups in total. The van der Waals surface area contributed by atoms with Gasteiger partial charge in [0.1, 0.15) is 22.8 Å². The molecule has 0 saturated heterocycles. The Labute approximate surface area is 175 Å². The molecule has 2 heterocycles. The molecule has 2 rings (SSSR count). The van der Waals surface area contributed by atoms with E-state index in [2.05, 4.69) is 9.97 Å². The lowest BCUT2D eigenvalue weighted by atomic mass is 9.97. The highest BCUT2D eigenvalue weighted by molar-refractivity contribution is 5.29. The summed E-state index contributed by atoms with van der Waals surface area (Å²) >= 11 is 0. The van der Waals surface area contributed by atoms with Crippen molar-refractivity contribution >= 4 is 0 Å². The summed E-state index contributed by atoms with van der Waals surface area (Å²) in [6.07, 6.45) is -27.5. The predicted molar refractivity (Wildman–Crippen MR) is 83.0 cm³/mol. The molecule has 0 aromatic carbocycles. The van der Waals surface area contributed by atoms with Crippen LogP contribution in [0.25, 0.3) is 0 Å². The zero-order valence-corrected chi connectivity index (χ0v) is 15.5. The Morgan fingerprint density at radius 1 is 0.515 bits per heavy atom. The van der Waals surface area contributed by atoms with Gasteiger partial charge in [0.05, 0.1) is 12.2 Å². The lowest BCUT2D eigenvalue weighted by molar-refractivity contribution is -0.151. The molecular weight excluding hydrogens is 492 g/mol. The van der Waals surface area contributed by atoms with Crippen LogP contribution in [0.4, 0.5) is 52.7 Å². The molecule has 2 aromatic heterocycles. The second-order valence-electron chi connectivity index (χ2n) is 6.60. The summed E-state index contributed by atoms with van der Waals surface area (Å²) in [6.45, 7) is 0. The van der Waals surface area contributed by atoms with Gasteiger partial charge in [0.15, 0.2) is 0 Å². The molecule has 2 aromatic rings. The maximum absolute atomic E-state index is 12.9. The largest absolute Gasteiger partial charge is 0.433 e. The summed E-state index contributed by atoms with van der Waals surface area (Å²) < 4.78 is 154. The highest BCUT2D eigenvalue weighted by atomic mass is 19.4. The summed E-state index contributed by atoms with van der Waals surface area (Å²) in [4.78, 5) is 4.78. The van der Waals surface area contributed by atoms with Gasteiger partial charge >= 0.3 is 24.7 Å². The fourth-order valence-corrected chi connectivity index (χ4v) is 2.55. The summed E-state index contributed by atoms with van der Waals surface area (Å²) in [7, 11) is 0. The molecule has 0 radical (unpaired) electrons. The van der Waals surface area contributed by atoms with E-state index in [0.717, 1.165) is 0 Å². The lowest BCUT2D eigenvalue weighted by Gasteiger charge is -2.20. The van der Waals surface area contributed by atoms with Crippen molar-refractivity contribution in [2.24, 2.45) is 0 Å². The average molecular weight is 502 g/mol. The Balaban J connectivity index is 2.46. The maximum atomic E-state index is 12.9. The van der Waals surface area contributed by atoms with Crippen LogP contribution < -0.4 is 0 Å². The molecule has 4 nitrogen and oxygen atoms in total. The van der Waals surface area contributed by atoms with Crippen LogP contribution in [0.3, 0.4) is 0 Å². The predicted octanol–water partition coefficient (Wildman–Crippen LogP) is 5.71. The van der Waals surface area contributed by atoms with Crippen molar-refractivity contribution in [3.63, 3.8) is 0 Å². The van der Waals surface area contributed by atoms with Gasteiger partial charge in [-0.2, -0.15) is 52.7 Å². The second-order valence-corrected chi connectivity index (χ2v) is 6.60. The number of rotatable bonds is 4. The first kappa shape index (κ1) is 26.6.